The Morgan fingerprint density at radius 3 is 2.82 bits per heavy atom. The molecule has 0 bridgehead atoms. The highest BCUT2D eigenvalue weighted by molar-refractivity contribution is 6.07. The molecule has 2 aromatic heterocycles. The van der Waals surface area contributed by atoms with Gasteiger partial charge in [-0.2, -0.15) is 0 Å². The second-order valence-electron chi connectivity index (χ2n) is 9.37. The third-order valence-corrected chi connectivity index (χ3v) is 7.31. The summed E-state index contributed by atoms with van der Waals surface area (Å²) >= 11 is 0. The van der Waals surface area contributed by atoms with Gasteiger partial charge in [-0.3, -0.25) is 14.6 Å². The first-order valence-electron chi connectivity index (χ1n) is 11.6. The van der Waals surface area contributed by atoms with Crippen molar-refractivity contribution in [1.29, 1.82) is 0 Å². The lowest BCUT2D eigenvalue weighted by molar-refractivity contribution is -0.123. The molecule has 2 aliphatic rings. The monoisotopic (exact) mass is 438 g/mol. The van der Waals surface area contributed by atoms with Gasteiger partial charge in [0.2, 0.25) is 5.91 Å². The number of likely N-dealkylation sites (tertiary alicyclic amines) is 1. The predicted octanol–water partition coefficient (Wildman–Crippen LogP) is 3.70. The van der Waals surface area contributed by atoms with E-state index in [2.05, 4.69) is 40.4 Å². The molecule has 1 unspecified atom stereocenters. The van der Waals surface area contributed by atoms with Crippen LogP contribution in [0.5, 0.6) is 0 Å². The number of pyridine rings is 1. The summed E-state index contributed by atoms with van der Waals surface area (Å²) in [5.74, 6) is 0.774. The number of benzene rings is 2. The van der Waals surface area contributed by atoms with Gasteiger partial charge in [-0.25, -0.2) is 0 Å². The van der Waals surface area contributed by atoms with E-state index in [1.165, 1.54) is 16.5 Å². The number of fused-ring (bicyclic) bond motifs is 3. The molecule has 166 valence electrons. The smallest absolute Gasteiger partial charge is 0.254 e. The summed E-state index contributed by atoms with van der Waals surface area (Å²) in [6.45, 7) is 4.03. The van der Waals surface area contributed by atoms with Gasteiger partial charge in [0, 0.05) is 66.0 Å². The third kappa shape index (κ3) is 3.46. The number of amides is 2. The van der Waals surface area contributed by atoms with E-state index in [9.17, 15) is 9.59 Å². The van der Waals surface area contributed by atoms with Crippen LogP contribution >= 0.6 is 0 Å². The minimum Gasteiger partial charge on any atom is -0.361 e. The zero-order valence-electron chi connectivity index (χ0n) is 18.5. The molecule has 6 heteroatoms. The van der Waals surface area contributed by atoms with Gasteiger partial charge in [0.25, 0.3) is 5.91 Å². The normalized spacial score (nSPS) is 21.4. The average molecular weight is 439 g/mol. The number of carbonyl (C=O) groups excluding carboxylic acids is 2. The summed E-state index contributed by atoms with van der Waals surface area (Å²) in [7, 11) is 0. The number of rotatable bonds is 5. The molecule has 0 radical (unpaired) electrons. The van der Waals surface area contributed by atoms with E-state index in [1.807, 2.05) is 35.4 Å². The Hall–Kier alpha value is -3.67. The van der Waals surface area contributed by atoms with Gasteiger partial charge in [0.05, 0.1) is 0 Å². The number of piperidine rings is 1. The Morgan fingerprint density at radius 2 is 1.97 bits per heavy atom. The maximum Gasteiger partial charge on any atom is 0.254 e. The molecule has 1 saturated heterocycles. The van der Waals surface area contributed by atoms with Gasteiger partial charge in [0.15, 0.2) is 0 Å². The highest BCUT2D eigenvalue weighted by atomic mass is 16.2. The van der Waals surface area contributed by atoms with E-state index in [0.717, 1.165) is 22.7 Å². The molecule has 2 N–H and O–H groups in total. The first-order chi connectivity index (χ1) is 16.1. The Kier molecular flexibility index (Phi) is 4.68. The summed E-state index contributed by atoms with van der Waals surface area (Å²) in [6, 6.07) is 14.0. The molecular formula is C27H26N4O2. The maximum atomic E-state index is 13.1. The molecule has 0 spiro atoms. The van der Waals surface area contributed by atoms with E-state index in [1.54, 1.807) is 12.4 Å². The van der Waals surface area contributed by atoms with Crippen molar-refractivity contribution in [1.82, 2.24) is 20.2 Å². The van der Waals surface area contributed by atoms with Crippen molar-refractivity contribution in [2.24, 2.45) is 17.8 Å². The van der Waals surface area contributed by atoms with Crippen molar-refractivity contribution >= 4 is 33.5 Å². The highest BCUT2D eigenvalue weighted by Gasteiger charge is 2.60. The summed E-state index contributed by atoms with van der Waals surface area (Å²) in [6.07, 6.45) is 6.34. The number of nitrogens with one attached hydrogen (secondary N) is 2. The molecule has 2 fully saturated rings. The molecule has 6 rings (SSSR count). The molecule has 2 aromatic carbocycles. The lowest BCUT2D eigenvalue weighted by Gasteiger charge is -2.20. The van der Waals surface area contributed by atoms with Gasteiger partial charge in [-0.1, -0.05) is 24.3 Å². The zero-order valence-corrected chi connectivity index (χ0v) is 18.5. The van der Waals surface area contributed by atoms with Crippen molar-refractivity contribution in [3.8, 4) is 0 Å². The Bertz CT molecular complexity index is 1370. The van der Waals surface area contributed by atoms with Crippen LogP contribution in [0, 0.1) is 24.7 Å². The SMILES string of the molecule is Cc1ccc2c(CCNC(=O)C3[C@H]4CN(C(=O)c5cccc6cnccc56)C[C@@H]34)c[nH]c2c1. The number of nitrogens with zero attached hydrogens (tertiary/aromatic N) is 2. The van der Waals surface area contributed by atoms with Crippen LogP contribution in [0.4, 0.5) is 0 Å². The summed E-state index contributed by atoms with van der Waals surface area (Å²) in [5.41, 5.74) is 4.31. The van der Waals surface area contributed by atoms with Crippen LogP contribution in [0.15, 0.2) is 61.1 Å². The molecular weight excluding hydrogens is 412 g/mol. The molecule has 6 nitrogen and oxygen atoms in total. The van der Waals surface area contributed by atoms with Gasteiger partial charge in [-0.05, 0) is 59.9 Å². The van der Waals surface area contributed by atoms with Crippen LogP contribution in [-0.4, -0.2) is 46.3 Å². The summed E-state index contributed by atoms with van der Waals surface area (Å²) in [5, 5.41) is 6.24. The molecule has 1 aliphatic carbocycles. The van der Waals surface area contributed by atoms with Crippen LogP contribution in [0.1, 0.15) is 21.5 Å². The van der Waals surface area contributed by atoms with Crippen LogP contribution in [0.25, 0.3) is 21.7 Å². The van der Waals surface area contributed by atoms with E-state index < -0.39 is 0 Å². The predicted molar refractivity (Wildman–Crippen MR) is 128 cm³/mol. The van der Waals surface area contributed by atoms with Crippen LogP contribution in [-0.2, 0) is 11.2 Å². The highest BCUT2D eigenvalue weighted by Crippen LogP contribution is 2.52. The average Bonchev–Trinajstić information content (AvgIpc) is 3.14. The van der Waals surface area contributed by atoms with Gasteiger partial charge >= 0.3 is 0 Å². The van der Waals surface area contributed by atoms with Gasteiger partial charge in [-0.15, -0.1) is 0 Å². The number of aryl methyl sites for hydroxylation is 1. The number of carbonyl (C=O) groups is 2. The lowest BCUT2D eigenvalue weighted by atomic mass is 10.1. The van der Waals surface area contributed by atoms with Crippen LogP contribution in [0.2, 0.25) is 0 Å². The maximum absolute atomic E-state index is 13.1. The third-order valence-electron chi connectivity index (χ3n) is 7.31. The van der Waals surface area contributed by atoms with Crippen molar-refractivity contribution in [3.05, 3.63) is 77.7 Å². The van der Waals surface area contributed by atoms with Gasteiger partial charge in [0.1, 0.15) is 0 Å². The van der Waals surface area contributed by atoms with Crippen LogP contribution in [0.3, 0.4) is 0 Å². The topological polar surface area (TPSA) is 78.1 Å². The van der Waals surface area contributed by atoms with Crippen LogP contribution < -0.4 is 5.32 Å². The second kappa shape index (κ2) is 7.73. The first kappa shape index (κ1) is 20.0. The largest absolute Gasteiger partial charge is 0.361 e. The Labute approximate surface area is 192 Å². The fraction of sp³-hybridized carbons (Fsp3) is 0.296. The molecule has 3 heterocycles. The summed E-state index contributed by atoms with van der Waals surface area (Å²) < 4.78 is 0. The fourth-order valence-corrected chi connectivity index (χ4v) is 5.51. The quantitative estimate of drug-likeness (QED) is 0.499. The minimum absolute atomic E-state index is 0.0383. The van der Waals surface area contributed by atoms with Crippen molar-refractivity contribution in [3.63, 3.8) is 0 Å². The summed E-state index contributed by atoms with van der Waals surface area (Å²) in [4.78, 5) is 35.3. The first-order valence-corrected chi connectivity index (χ1v) is 11.6. The fourth-order valence-electron chi connectivity index (χ4n) is 5.51. The van der Waals surface area contributed by atoms with Crippen molar-refractivity contribution < 1.29 is 9.59 Å². The second-order valence-corrected chi connectivity index (χ2v) is 9.37. The molecule has 33 heavy (non-hydrogen) atoms. The van der Waals surface area contributed by atoms with E-state index >= 15 is 0 Å². The molecule has 2 amide bonds. The molecule has 3 atom stereocenters. The van der Waals surface area contributed by atoms with Crippen molar-refractivity contribution in [2.75, 3.05) is 19.6 Å². The van der Waals surface area contributed by atoms with E-state index in [4.69, 9.17) is 0 Å². The molecule has 1 aliphatic heterocycles. The number of aromatic amines is 1. The van der Waals surface area contributed by atoms with Gasteiger partial charge < -0.3 is 15.2 Å². The number of hydrogen-bond acceptors (Lipinski definition) is 3. The lowest BCUT2D eigenvalue weighted by Crippen LogP contribution is -2.35. The Morgan fingerprint density at radius 1 is 1.12 bits per heavy atom. The number of hydrogen-bond donors (Lipinski definition) is 2. The van der Waals surface area contributed by atoms with E-state index in [0.29, 0.717) is 25.2 Å². The molecule has 4 aromatic rings. The Balaban J connectivity index is 1.04. The van der Waals surface area contributed by atoms with Crippen molar-refractivity contribution in [2.45, 2.75) is 13.3 Å². The minimum atomic E-state index is 0.0383. The number of aromatic nitrogens is 2. The van der Waals surface area contributed by atoms with E-state index in [-0.39, 0.29) is 29.6 Å². The molecule has 1 saturated carbocycles. The number of H-pyrrole nitrogens is 1. The standard InChI is InChI=1S/C27H26N4O2/c1-16-5-6-20-18(13-30-24(20)11-16)7-10-29-26(32)25-22-14-31(15-23(22)25)27(33)21-4-2-3-17-12-28-9-8-19(17)21/h2-6,8-9,11-13,22-23,25,30H,7,10,14-15H2,1H3,(H,29,32)/t22-,23+,25?. The zero-order chi connectivity index (χ0) is 22.5.